The van der Waals surface area contributed by atoms with Crippen molar-refractivity contribution in [3.05, 3.63) is 59.7 Å². The molecule has 1 N–H and O–H groups in total. The number of rotatable bonds is 9. The summed E-state index contributed by atoms with van der Waals surface area (Å²) in [6.45, 7) is 4.73. The number of methoxy groups -OCH3 is 1. The monoisotopic (exact) mass is 549 g/mol. The van der Waals surface area contributed by atoms with Crippen molar-refractivity contribution in [3.8, 4) is 11.5 Å². The number of ether oxygens (including phenoxy) is 3. The van der Waals surface area contributed by atoms with E-state index >= 15 is 0 Å². The predicted octanol–water partition coefficient (Wildman–Crippen LogP) is 5.72. The number of carbonyl (C=O) groups excluding carboxylic acids is 1. The zero-order valence-electron chi connectivity index (χ0n) is 22.7. The Kier molecular flexibility index (Phi) is 9.11. The van der Waals surface area contributed by atoms with E-state index in [1.165, 1.54) is 7.11 Å². The molecule has 214 valence electrons. The number of hydrogen-bond acceptors (Lipinski definition) is 5. The van der Waals surface area contributed by atoms with Crippen LogP contribution in [0.2, 0.25) is 0 Å². The summed E-state index contributed by atoms with van der Waals surface area (Å²) in [5.41, 5.74) is 1.24. The first-order valence-electron chi connectivity index (χ1n) is 13.5. The fourth-order valence-corrected chi connectivity index (χ4v) is 5.73. The van der Waals surface area contributed by atoms with Gasteiger partial charge in [-0.15, -0.1) is 0 Å². The zero-order chi connectivity index (χ0) is 28.2. The van der Waals surface area contributed by atoms with Crippen molar-refractivity contribution in [2.45, 2.75) is 70.4 Å². The Labute approximate surface area is 228 Å². The van der Waals surface area contributed by atoms with Crippen molar-refractivity contribution in [3.63, 3.8) is 0 Å². The Morgan fingerprint density at radius 3 is 2.41 bits per heavy atom. The van der Waals surface area contributed by atoms with Gasteiger partial charge in [-0.05, 0) is 55.9 Å². The largest absolute Gasteiger partial charge is 0.493 e. The molecule has 1 heterocycles. The number of nitrogens with zero attached hydrogens (tertiary/aromatic N) is 1. The summed E-state index contributed by atoms with van der Waals surface area (Å²) >= 11 is 0. The summed E-state index contributed by atoms with van der Waals surface area (Å²) in [7, 11) is 1.52. The smallest absolute Gasteiger partial charge is 0.391 e. The Balaban J connectivity index is 1.46. The third-order valence-corrected chi connectivity index (χ3v) is 8.40. The van der Waals surface area contributed by atoms with Gasteiger partial charge >= 0.3 is 6.18 Å². The Morgan fingerprint density at radius 1 is 1.10 bits per heavy atom. The van der Waals surface area contributed by atoms with Crippen LogP contribution in [-0.4, -0.2) is 61.1 Å². The zero-order valence-corrected chi connectivity index (χ0v) is 22.7. The van der Waals surface area contributed by atoms with Gasteiger partial charge in [0.1, 0.15) is 6.61 Å². The van der Waals surface area contributed by atoms with Gasteiger partial charge in [0.25, 0.3) is 0 Å². The van der Waals surface area contributed by atoms with E-state index in [4.69, 9.17) is 14.2 Å². The number of aliphatic hydroxyl groups excluding tert-OH is 1. The lowest BCUT2D eigenvalue weighted by Gasteiger charge is -2.34. The van der Waals surface area contributed by atoms with Crippen molar-refractivity contribution >= 4 is 5.91 Å². The minimum atomic E-state index is -4.17. The molecule has 0 unspecified atom stereocenters. The molecule has 2 aromatic carbocycles. The summed E-state index contributed by atoms with van der Waals surface area (Å²) in [6.07, 6.45) is -4.49. The van der Waals surface area contributed by atoms with E-state index in [1.807, 2.05) is 49.4 Å². The number of halogens is 3. The molecule has 2 aliphatic rings. The first-order valence-corrected chi connectivity index (χ1v) is 13.5. The quantitative estimate of drug-likeness (QED) is 0.433. The molecule has 1 aliphatic heterocycles. The molecular weight excluding hydrogens is 511 g/mol. The van der Waals surface area contributed by atoms with Gasteiger partial charge in [-0.2, -0.15) is 13.2 Å². The maximum atomic E-state index is 13.1. The molecule has 3 atom stereocenters. The third-order valence-electron chi connectivity index (χ3n) is 8.40. The second-order valence-corrected chi connectivity index (χ2v) is 11.0. The average Bonchev–Trinajstić information content (AvgIpc) is 3.28. The molecular formula is C30H38F3NO5. The fraction of sp³-hybridized carbons (Fsp3) is 0.567. The number of carbonyl (C=O) groups is 1. The lowest BCUT2D eigenvalue weighted by molar-refractivity contribution is -0.185. The number of likely N-dealkylation sites (tertiary alicyclic amines) is 1. The molecule has 1 aliphatic carbocycles. The van der Waals surface area contributed by atoms with Crippen LogP contribution in [0.15, 0.2) is 48.5 Å². The molecule has 1 saturated heterocycles. The van der Waals surface area contributed by atoms with Crippen molar-refractivity contribution in [2.75, 3.05) is 26.8 Å². The molecule has 0 bridgehead atoms. The van der Waals surface area contributed by atoms with E-state index < -0.39 is 23.6 Å². The number of aliphatic hydroxyl groups is 1. The number of benzene rings is 2. The summed E-state index contributed by atoms with van der Waals surface area (Å²) in [6, 6.07) is 15.2. The highest BCUT2D eigenvalue weighted by Gasteiger charge is 2.48. The van der Waals surface area contributed by atoms with Gasteiger partial charge in [0.2, 0.25) is 5.91 Å². The number of hydrogen-bond donors (Lipinski definition) is 1. The van der Waals surface area contributed by atoms with Gasteiger partial charge in [0.05, 0.1) is 31.8 Å². The van der Waals surface area contributed by atoms with Crippen LogP contribution in [0.3, 0.4) is 0 Å². The van der Waals surface area contributed by atoms with E-state index in [-0.39, 0.29) is 37.4 Å². The normalized spacial score (nSPS) is 26.3. The van der Waals surface area contributed by atoms with Crippen LogP contribution < -0.4 is 9.47 Å². The van der Waals surface area contributed by atoms with Gasteiger partial charge in [-0.1, -0.05) is 43.3 Å². The molecule has 0 spiro atoms. The van der Waals surface area contributed by atoms with Crippen LogP contribution in [0, 0.1) is 11.3 Å². The summed E-state index contributed by atoms with van der Waals surface area (Å²) < 4.78 is 56.6. The predicted molar refractivity (Wildman–Crippen MR) is 141 cm³/mol. The molecule has 1 saturated carbocycles. The molecule has 0 radical (unpaired) electrons. The molecule has 0 aromatic heterocycles. The van der Waals surface area contributed by atoms with Gasteiger partial charge in [0.15, 0.2) is 11.5 Å². The summed E-state index contributed by atoms with van der Waals surface area (Å²) in [4.78, 5) is 14.8. The Hall–Kier alpha value is -2.78. The van der Waals surface area contributed by atoms with Gasteiger partial charge in [0, 0.05) is 24.4 Å². The van der Waals surface area contributed by atoms with Gasteiger partial charge in [-0.3, -0.25) is 4.79 Å². The van der Waals surface area contributed by atoms with E-state index in [9.17, 15) is 23.1 Å². The SMILES string of the molecule is COc1ccc([C@@H]2CN(C(=O)COCc3ccccc3)C[C@@]2(C)[C@@H](C)O)cc1OC1CCC(C(F)(F)F)CC1. The van der Waals surface area contributed by atoms with Crippen molar-refractivity contribution in [1.29, 1.82) is 0 Å². The number of amides is 1. The van der Waals surface area contributed by atoms with Crippen molar-refractivity contribution < 1.29 is 37.3 Å². The van der Waals surface area contributed by atoms with Crippen LogP contribution >= 0.6 is 0 Å². The topological polar surface area (TPSA) is 68.2 Å². The third kappa shape index (κ3) is 6.87. The maximum absolute atomic E-state index is 13.1. The standard InChI is InChI=1S/C30H38F3NO5/c1-20(35)29(2)19-34(28(36)18-38-17-21-7-5-4-6-8-21)16-25(29)22-9-14-26(37-3)27(15-22)39-24-12-10-23(11-13-24)30(31,32)33/h4-9,14-15,20,23-25,35H,10-13,16-19H2,1-3H3/t20-,23?,24?,25+,29+/m1/s1. The van der Waals surface area contributed by atoms with Gasteiger partial charge in [-0.25, -0.2) is 0 Å². The van der Waals surface area contributed by atoms with Crippen LogP contribution in [0.5, 0.6) is 11.5 Å². The molecule has 4 rings (SSSR count). The van der Waals surface area contributed by atoms with E-state index in [0.717, 1.165) is 11.1 Å². The van der Waals surface area contributed by atoms with E-state index in [0.29, 0.717) is 44.0 Å². The highest BCUT2D eigenvalue weighted by molar-refractivity contribution is 5.78. The van der Waals surface area contributed by atoms with Crippen LogP contribution in [0.4, 0.5) is 13.2 Å². The second kappa shape index (κ2) is 12.2. The van der Waals surface area contributed by atoms with Crippen LogP contribution in [0.25, 0.3) is 0 Å². The lowest BCUT2D eigenvalue weighted by Crippen LogP contribution is -2.38. The molecule has 6 nitrogen and oxygen atoms in total. The molecule has 9 heteroatoms. The van der Waals surface area contributed by atoms with E-state index in [1.54, 1.807) is 17.9 Å². The first kappa shape index (κ1) is 29.2. The molecule has 2 aromatic rings. The molecule has 39 heavy (non-hydrogen) atoms. The van der Waals surface area contributed by atoms with E-state index in [2.05, 4.69) is 0 Å². The minimum Gasteiger partial charge on any atom is -0.493 e. The van der Waals surface area contributed by atoms with Crippen LogP contribution in [-0.2, 0) is 16.1 Å². The summed E-state index contributed by atoms with van der Waals surface area (Å²) in [5.74, 6) is -0.655. The van der Waals surface area contributed by atoms with Crippen molar-refractivity contribution in [1.82, 2.24) is 4.90 Å². The average molecular weight is 550 g/mol. The first-order chi connectivity index (χ1) is 18.5. The highest BCUT2D eigenvalue weighted by Crippen LogP contribution is 2.47. The maximum Gasteiger partial charge on any atom is 0.391 e. The van der Waals surface area contributed by atoms with Crippen molar-refractivity contribution in [2.24, 2.45) is 11.3 Å². The van der Waals surface area contributed by atoms with Gasteiger partial charge < -0.3 is 24.2 Å². The number of alkyl halides is 3. The van der Waals surface area contributed by atoms with Crippen LogP contribution in [0.1, 0.15) is 56.6 Å². The summed E-state index contributed by atoms with van der Waals surface area (Å²) in [5, 5.41) is 10.8. The lowest BCUT2D eigenvalue weighted by atomic mass is 9.72. The fourth-order valence-electron chi connectivity index (χ4n) is 5.73. The minimum absolute atomic E-state index is 0.0440. The molecule has 2 fully saturated rings. The second-order valence-electron chi connectivity index (χ2n) is 11.0. The Bertz CT molecular complexity index is 1100. The Morgan fingerprint density at radius 2 is 1.79 bits per heavy atom. The highest BCUT2D eigenvalue weighted by atomic mass is 19.4. The molecule has 1 amide bonds.